The lowest BCUT2D eigenvalue weighted by atomic mass is 9.77. The van der Waals surface area contributed by atoms with E-state index in [1.54, 1.807) is 0 Å². The van der Waals surface area contributed by atoms with Gasteiger partial charge in [-0.05, 0) is 61.1 Å². The highest BCUT2D eigenvalue weighted by Gasteiger charge is 2.21. The number of aromatic nitrogens is 1. The Hall–Kier alpha value is -1.63. The summed E-state index contributed by atoms with van der Waals surface area (Å²) >= 11 is 0. The first kappa shape index (κ1) is 23.0. The molecule has 0 N–H and O–H groups in total. The normalized spacial score (nSPS) is 19.1. The van der Waals surface area contributed by atoms with Crippen molar-refractivity contribution in [2.45, 2.75) is 104 Å². The number of unbranched alkanes of at least 4 members (excludes halogenated alkanes) is 4. The predicted octanol–water partition coefficient (Wildman–Crippen LogP) is 8.80. The maximum absolute atomic E-state index is 4.78. The second kappa shape index (κ2) is 12.9. The van der Waals surface area contributed by atoms with Crippen molar-refractivity contribution in [1.29, 1.82) is 0 Å². The van der Waals surface area contributed by atoms with Crippen molar-refractivity contribution in [2.24, 2.45) is 11.8 Å². The van der Waals surface area contributed by atoms with Gasteiger partial charge in [0.25, 0.3) is 0 Å². The number of nitrogens with zero attached hydrogens (tertiary/aromatic N) is 1. The predicted molar refractivity (Wildman–Crippen MR) is 131 cm³/mol. The summed E-state index contributed by atoms with van der Waals surface area (Å²) in [6, 6.07) is 13.6. The lowest BCUT2D eigenvalue weighted by Gasteiger charge is -2.29. The van der Waals surface area contributed by atoms with Crippen LogP contribution < -0.4 is 0 Å². The lowest BCUT2D eigenvalue weighted by Crippen LogP contribution is -2.16. The third-order valence-electron chi connectivity index (χ3n) is 7.09. The molecule has 1 heterocycles. The van der Waals surface area contributed by atoms with Gasteiger partial charge in [-0.15, -0.1) is 0 Å². The number of benzene rings is 1. The fourth-order valence-electron chi connectivity index (χ4n) is 5.13. The van der Waals surface area contributed by atoms with Crippen LogP contribution in [0.3, 0.4) is 0 Å². The Labute approximate surface area is 185 Å². The van der Waals surface area contributed by atoms with Gasteiger partial charge < -0.3 is 0 Å². The van der Waals surface area contributed by atoms with Crippen molar-refractivity contribution in [3.05, 3.63) is 53.7 Å². The van der Waals surface area contributed by atoms with Crippen LogP contribution in [-0.2, 0) is 12.8 Å². The Morgan fingerprint density at radius 3 is 2.17 bits per heavy atom. The number of rotatable bonds is 12. The smallest absolute Gasteiger partial charge is 0.0702 e. The molecule has 1 aliphatic carbocycles. The molecule has 0 amide bonds. The summed E-state index contributed by atoms with van der Waals surface area (Å²) < 4.78 is 0. The first-order chi connectivity index (χ1) is 14.8. The number of hydrogen-bond donors (Lipinski definition) is 0. The van der Waals surface area contributed by atoms with Crippen LogP contribution in [0.15, 0.2) is 42.6 Å². The molecule has 1 heteroatoms. The van der Waals surface area contributed by atoms with Gasteiger partial charge >= 0.3 is 0 Å². The van der Waals surface area contributed by atoms with Crippen LogP contribution in [0.4, 0.5) is 0 Å². The van der Waals surface area contributed by atoms with Gasteiger partial charge in [-0.1, -0.05) is 102 Å². The summed E-state index contributed by atoms with van der Waals surface area (Å²) in [4.78, 5) is 4.78. The van der Waals surface area contributed by atoms with Crippen molar-refractivity contribution < 1.29 is 0 Å². The first-order valence-corrected chi connectivity index (χ1v) is 12.8. The minimum Gasteiger partial charge on any atom is -0.256 e. The fraction of sp³-hybridized carbons (Fsp3) is 0.621. The molecule has 1 fully saturated rings. The van der Waals surface area contributed by atoms with Gasteiger partial charge in [0.05, 0.1) is 5.69 Å². The monoisotopic (exact) mass is 405 g/mol. The van der Waals surface area contributed by atoms with E-state index in [0.29, 0.717) is 0 Å². The van der Waals surface area contributed by atoms with E-state index in [-0.39, 0.29) is 0 Å². The van der Waals surface area contributed by atoms with Gasteiger partial charge in [0.2, 0.25) is 0 Å². The van der Waals surface area contributed by atoms with Crippen molar-refractivity contribution in [1.82, 2.24) is 4.98 Å². The zero-order valence-corrected chi connectivity index (χ0v) is 19.5. The van der Waals surface area contributed by atoms with E-state index in [9.17, 15) is 0 Å². The SMILES string of the molecule is CCCCCCc1ccc(-c2ccc(CCC3CCCC(CCCC)C3)cn2)cc1. The topological polar surface area (TPSA) is 12.9 Å². The maximum atomic E-state index is 4.78. The molecule has 2 unspecified atom stereocenters. The van der Waals surface area contributed by atoms with Gasteiger partial charge in [0, 0.05) is 11.8 Å². The van der Waals surface area contributed by atoms with Crippen molar-refractivity contribution in [3.8, 4) is 11.3 Å². The summed E-state index contributed by atoms with van der Waals surface area (Å²) in [6.07, 6.45) is 21.2. The summed E-state index contributed by atoms with van der Waals surface area (Å²) in [6.45, 7) is 4.59. The van der Waals surface area contributed by atoms with E-state index in [2.05, 4.69) is 56.4 Å². The molecule has 2 atom stereocenters. The number of hydrogen-bond acceptors (Lipinski definition) is 1. The van der Waals surface area contributed by atoms with Gasteiger partial charge in [0.1, 0.15) is 0 Å². The fourth-order valence-corrected chi connectivity index (χ4v) is 5.13. The minimum absolute atomic E-state index is 0.935. The zero-order valence-electron chi connectivity index (χ0n) is 19.5. The van der Waals surface area contributed by atoms with Crippen LogP contribution in [0, 0.1) is 11.8 Å². The molecule has 1 saturated carbocycles. The molecule has 30 heavy (non-hydrogen) atoms. The largest absolute Gasteiger partial charge is 0.256 e. The Balaban J connectivity index is 1.45. The van der Waals surface area contributed by atoms with Crippen LogP contribution in [0.2, 0.25) is 0 Å². The second-order valence-electron chi connectivity index (χ2n) is 9.64. The molecule has 3 rings (SSSR count). The van der Waals surface area contributed by atoms with Crippen molar-refractivity contribution in [3.63, 3.8) is 0 Å². The summed E-state index contributed by atoms with van der Waals surface area (Å²) in [5.41, 5.74) is 5.21. The van der Waals surface area contributed by atoms with E-state index in [1.807, 2.05) is 0 Å². The van der Waals surface area contributed by atoms with Crippen molar-refractivity contribution in [2.75, 3.05) is 0 Å². The molecule has 0 radical (unpaired) electrons. The maximum Gasteiger partial charge on any atom is 0.0702 e. The molecule has 0 spiro atoms. The van der Waals surface area contributed by atoms with E-state index >= 15 is 0 Å². The molecule has 1 aromatic heterocycles. The van der Waals surface area contributed by atoms with Gasteiger partial charge in [-0.3, -0.25) is 4.98 Å². The molecular formula is C29H43N. The van der Waals surface area contributed by atoms with Crippen molar-refractivity contribution >= 4 is 0 Å². The standard InChI is InChI=1S/C29H43N/c1-3-5-7-8-11-24-16-19-28(20-17-24)29-21-18-27(23-30-29)15-14-26-13-9-12-25(22-26)10-6-4-2/h16-21,23,25-26H,3-15,22H2,1-2H3. The van der Waals surface area contributed by atoms with E-state index in [1.165, 1.54) is 107 Å². The third kappa shape index (κ3) is 7.56. The molecule has 1 aliphatic rings. The highest BCUT2D eigenvalue weighted by molar-refractivity contribution is 5.59. The molecule has 0 saturated heterocycles. The number of aryl methyl sites for hydroxylation is 2. The zero-order chi connectivity index (χ0) is 21.0. The van der Waals surface area contributed by atoms with Gasteiger partial charge in [-0.2, -0.15) is 0 Å². The van der Waals surface area contributed by atoms with E-state index < -0.39 is 0 Å². The number of pyridine rings is 1. The second-order valence-corrected chi connectivity index (χ2v) is 9.64. The lowest BCUT2D eigenvalue weighted by molar-refractivity contribution is 0.240. The highest BCUT2D eigenvalue weighted by Crippen LogP contribution is 2.34. The molecular weight excluding hydrogens is 362 g/mol. The third-order valence-corrected chi connectivity index (χ3v) is 7.09. The average Bonchev–Trinajstić information content (AvgIpc) is 2.80. The average molecular weight is 406 g/mol. The Morgan fingerprint density at radius 2 is 1.47 bits per heavy atom. The Bertz CT molecular complexity index is 700. The summed E-state index contributed by atoms with van der Waals surface area (Å²) in [7, 11) is 0. The van der Waals surface area contributed by atoms with E-state index in [0.717, 1.165) is 17.5 Å². The Morgan fingerprint density at radius 1 is 0.733 bits per heavy atom. The molecule has 0 aliphatic heterocycles. The van der Waals surface area contributed by atoms with Gasteiger partial charge in [-0.25, -0.2) is 0 Å². The van der Waals surface area contributed by atoms with Gasteiger partial charge in [0.15, 0.2) is 0 Å². The molecule has 1 nitrogen and oxygen atoms in total. The van der Waals surface area contributed by atoms with Crippen LogP contribution in [0.25, 0.3) is 11.3 Å². The van der Waals surface area contributed by atoms with Crippen LogP contribution in [0.5, 0.6) is 0 Å². The molecule has 2 aromatic rings. The highest BCUT2D eigenvalue weighted by atomic mass is 14.7. The molecule has 164 valence electrons. The van der Waals surface area contributed by atoms with Crippen LogP contribution in [0.1, 0.15) is 102 Å². The Kier molecular flexibility index (Phi) is 9.93. The first-order valence-electron chi connectivity index (χ1n) is 12.8. The van der Waals surface area contributed by atoms with Crippen LogP contribution >= 0.6 is 0 Å². The molecule has 1 aromatic carbocycles. The summed E-state index contributed by atoms with van der Waals surface area (Å²) in [5, 5.41) is 0. The van der Waals surface area contributed by atoms with E-state index in [4.69, 9.17) is 4.98 Å². The summed E-state index contributed by atoms with van der Waals surface area (Å²) in [5.74, 6) is 1.93. The quantitative estimate of drug-likeness (QED) is 0.321. The molecule has 0 bridgehead atoms. The minimum atomic E-state index is 0.935. The van der Waals surface area contributed by atoms with Crippen LogP contribution in [-0.4, -0.2) is 4.98 Å².